The number of amides is 1. The van der Waals surface area contributed by atoms with Gasteiger partial charge in [-0.2, -0.15) is 4.98 Å². The van der Waals surface area contributed by atoms with Gasteiger partial charge < -0.3 is 24.1 Å². The van der Waals surface area contributed by atoms with E-state index in [4.69, 9.17) is 18.7 Å². The summed E-state index contributed by atoms with van der Waals surface area (Å²) in [6.07, 6.45) is 0.602. The van der Waals surface area contributed by atoms with Gasteiger partial charge in [-0.05, 0) is 30.3 Å². The van der Waals surface area contributed by atoms with Crippen molar-refractivity contribution >= 4 is 5.91 Å². The van der Waals surface area contributed by atoms with E-state index in [1.54, 1.807) is 26.4 Å². The molecular weight excluding hydrogens is 374 g/mol. The number of hydrogen-bond acceptors (Lipinski definition) is 7. The molecule has 0 atom stereocenters. The molecule has 1 N–H and O–H groups in total. The highest BCUT2D eigenvalue weighted by molar-refractivity contribution is 5.76. The summed E-state index contributed by atoms with van der Waals surface area (Å²) in [7, 11) is 3.13. The highest BCUT2D eigenvalue weighted by atomic mass is 16.5. The zero-order chi connectivity index (χ0) is 20.5. The molecule has 0 fully saturated rings. The van der Waals surface area contributed by atoms with Crippen LogP contribution in [0.1, 0.15) is 12.3 Å². The van der Waals surface area contributed by atoms with Crippen LogP contribution in [-0.2, 0) is 11.2 Å². The molecule has 0 bridgehead atoms. The van der Waals surface area contributed by atoms with Crippen molar-refractivity contribution in [2.45, 2.75) is 12.8 Å². The van der Waals surface area contributed by atoms with E-state index in [0.717, 1.165) is 11.3 Å². The SMILES string of the molecule is COc1ccc(-c2noc(CCC(=O)NCCOc3ccccc3)n2)cc1OC. The van der Waals surface area contributed by atoms with Gasteiger partial charge in [-0.3, -0.25) is 4.79 Å². The summed E-state index contributed by atoms with van der Waals surface area (Å²) in [6.45, 7) is 0.828. The second kappa shape index (κ2) is 10.1. The van der Waals surface area contributed by atoms with Crippen molar-refractivity contribution in [3.63, 3.8) is 0 Å². The monoisotopic (exact) mass is 397 g/mol. The number of aryl methyl sites for hydroxylation is 1. The first kappa shape index (κ1) is 20.2. The standard InChI is InChI=1S/C21H23N3O5/c1-26-17-9-8-15(14-18(17)27-2)21-23-20(29-24-21)11-10-19(25)22-12-13-28-16-6-4-3-5-7-16/h3-9,14H,10-13H2,1-2H3,(H,22,25). The van der Waals surface area contributed by atoms with Crippen molar-refractivity contribution in [3.05, 3.63) is 54.4 Å². The zero-order valence-corrected chi connectivity index (χ0v) is 16.4. The minimum absolute atomic E-state index is 0.104. The van der Waals surface area contributed by atoms with Crippen molar-refractivity contribution < 1.29 is 23.5 Å². The molecule has 0 aliphatic rings. The third-order valence-electron chi connectivity index (χ3n) is 4.11. The number of benzene rings is 2. The molecular formula is C21H23N3O5. The van der Waals surface area contributed by atoms with Crippen molar-refractivity contribution in [2.24, 2.45) is 0 Å². The summed E-state index contributed by atoms with van der Waals surface area (Å²) < 4.78 is 21.3. The molecule has 3 rings (SSSR count). The molecule has 0 saturated heterocycles. The minimum Gasteiger partial charge on any atom is -0.493 e. The Morgan fingerprint density at radius 1 is 1.07 bits per heavy atom. The van der Waals surface area contributed by atoms with E-state index in [9.17, 15) is 4.79 Å². The normalized spacial score (nSPS) is 10.4. The fraction of sp³-hybridized carbons (Fsp3) is 0.286. The molecule has 0 aliphatic heterocycles. The quantitative estimate of drug-likeness (QED) is 0.526. The minimum atomic E-state index is -0.104. The summed E-state index contributed by atoms with van der Waals surface area (Å²) in [5.41, 5.74) is 0.736. The number of ether oxygens (including phenoxy) is 3. The molecule has 0 radical (unpaired) electrons. The predicted octanol–water partition coefficient (Wildman–Crippen LogP) is 2.88. The Morgan fingerprint density at radius 3 is 2.62 bits per heavy atom. The average molecular weight is 397 g/mol. The van der Waals surface area contributed by atoms with Crippen molar-refractivity contribution in [3.8, 4) is 28.6 Å². The van der Waals surface area contributed by atoms with Gasteiger partial charge >= 0.3 is 0 Å². The number of nitrogens with zero attached hydrogens (tertiary/aromatic N) is 2. The van der Waals surface area contributed by atoms with Crippen molar-refractivity contribution in [1.82, 2.24) is 15.5 Å². The van der Waals surface area contributed by atoms with Gasteiger partial charge in [0.1, 0.15) is 12.4 Å². The molecule has 3 aromatic rings. The molecule has 1 aromatic heterocycles. The number of rotatable bonds is 10. The molecule has 1 heterocycles. The molecule has 2 aromatic carbocycles. The summed E-state index contributed by atoms with van der Waals surface area (Å²) >= 11 is 0. The lowest BCUT2D eigenvalue weighted by atomic mass is 10.2. The Balaban J connectivity index is 1.44. The molecule has 152 valence electrons. The fourth-order valence-corrected chi connectivity index (χ4v) is 2.63. The summed E-state index contributed by atoms with van der Waals surface area (Å²) in [4.78, 5) is 16.3. The average Bonchev–Trinajstić information content (AvgIpc) is 3.24. The van der Waals surface area contributed by atoms with Crippen LogP contribution in [0.2, 0.25) is 0 Å². The van der Waals surface area contributed by atoms with Gasteiger partial charge in [0.25, 0.3) is 0 Å². The van der Waals surface area contributed by atoms with Gasteiger partial charge in [0.05, 0.1) is 20.8 Å². The van der Waals surface area contributed by atoms with Crippen LogP contribution in [0, 0.1) is 0 Å². The lowest BCUT2D eigenvalue weighted by molar-refractivity contribution is -0.121. The maximum Gasteiger partial charge on any atom is 0.227 e. The van der Waals surface area contributed by atoms with Gasteiger partial charge in [0, 0.05) is 18.4 Å². The Labute approximate surface area is 168 Å². The lowest BCUT2D eigenvalue weighted by Crippen LogP contribution is -2.28. The highest BCUT2D eigenvalue weighted by Crippen LogP contribution is 2.31. The number of aromatic nitrogens is 2. The zero-order valence-electron chi connectivity index (χ0n) is 16.4. The van der Waals surface area contributed by atoms with Crippen LogP contribution in [0.5, 0.6) is 17.2 Å². The number of carbonyl (C=O) groups is 1. The number of para-hydroxylation sites is 1. The smallest absolute Gasteiger partial charge is 0.227 e. The van der Waals surface area contributed by atoms with Crippen LogP contribution in [0.4, 0.5) is 0 Å². The summed E-state index contributed by atoms with van der Waals surface area (Å²) in [5, 5.41) is 6.78. The van der Waals surface area contributed by atoms with Gasteiger partial charge in [-0.15, -0.1) is 0 Å². The Kier molecular flexibility index (Phi) is 7.05. The molecule has 0 unspecified atom stereocenters. The highest BCUT2D eigenvalue weighted by Gasteiger charge is 2.13. The Morgan fingerprint density at radius 2 is 1.86 bits per heavy atom. The molecule has 8 heteroatoms. The van der Waals surface area contributed by atoms with Crippen LogP contribution in [-0.4, -0.2) is 43.4 Å². The third-order valence-corrected chi connectivity index (χ3v) is 4.11. The van der Waals surface area contributed by atoms with Gasteiger partial charge in [-0.25, -0.2) is 0 Å². The third kappa shape index (κ3) is 5.71. The van der Waals surface area contributed by atoms with Gasteiger partial charge in [0.15, 0.2) is 11.5 Å². The molecule has 0 spiro atoms. The van der Waals surface area contributed by atoms with Crippen LogP contribution in [0.25, 0.3) is 11.4 Å². The van der Waals surface area contributed by atoms with E-state index < -0.39 is 0 Å². The second-order valence-electron chi connectivity index (χ2n) is 6.09. The van der Waals surface area contributed by atoms with E-state index in [2.05, 4.69) is 15.5 Å². The van der Waals surface area contributed by atoms with Crippen LogP contribution in [0.3, 0.4) is 0 Å². The second-order valence-corrected chi connectivity index (χ2v) is 6.09. The molecule has 29 heavy (non-hydrogen) atoms. The summed E-state index contributed by atoms with van der Waals surface area (Å²) in [5.74, 6) is 2.69. The molecule has 1 amide bonds. The van der Waals surface area contributed by atoms with Crippen molar-refractivity contribution in [1.29, 1.82) is 0 Å². The number of methoxy groups -OCH3 is 2. The van der Waals surface area contributed by atoms with Crippen LogP contribution in [0.15, 0.2) is 53.1 Å². The van der Waals surface area contributed by atoms with E-state index in [1.807, 2.05) is 36.4 Å². The lowest BCUT2D eigenvalue weighted by Gasteiger charge is -2.07. The molecule has 0 aliphatic carbocycles. The fourth-order valence-electron chi connectivity index (χ4n) is 2.63. The first-order valence-corrected chi connectivity index (χ1v) is 9.19. The van der Waals surface area contributed by atoms with E-state index in [0.29, 0.717) is 42.8 Å². The van der Waals surface area contributed by atoms with Crippen LogP contribution >= 0.6 is 0 Å². The van der Waals surface area contributed by atoms with E-state index in [1.165, 1.54) is 0 Å². The van der Waals surface area contributed by atoms with Crippen LogP contribution < -0.4 is 19.5 Å². The molecule has 0 saturated carbocycles. The maximum atomic E-state index is 12.0. The first-order valence-electron chi connectivity index (χ1n) is 9.19. The Hall–Kier alpha value is -3.55. The topological polar surface area (TPSA) is 95.7 Å². The number of nitrogens with one attached hydrogen (secondary N) is 1. The Bertz CT molecular complexity index is 927. The predicted molar refractivity (Wildman–Crippen MR) is 106 cm³/mol. The maximum absolute atomic E-state index is 12.0. The molecule has 8 nitrogen and oxygen atoms in total. The van der Waals surface area contributed by atoms with Gasteiger partial charge in [-0.1, -0.05) is 23.4 Å². The number of hydrogen-bond donors (Lipinski definition) is 1. The van der Waals surface area contributed by atoms with E-state index >= 15 is 0 Å². The number of carbonyl (C=O) groups excluding carboxylic acids is 1. The first-order chi connectivity index (χ1) is 14.2. The summed E-state index contributed by atoms with van der Waals surface area (Å²) in [6, 6.07) is 14.8. The van der Waals surface area contributed by atoms with Gasteiger partial charge in [0.2, 0.25) is 17.6 Å². The largest absolute Gasteiger partial charge is 0.493 e. The van der Waals surface area contributed by atoms with E-state index in [-0.39, 0.29) is 12.3 Å². The van der Waals surface area contributed by atoms with Crippen molar-refractivity contribution in [2.75, 3.05) is 27.4 Å².